The summed E-state index contributed by atoms with van der Waals surface area (Å²) < 4.78 is 10.9. The molecule has 2 atom stereocenters. The number of hydrogen-bond acceptors (Lipinski definition) is 4. The molecular formula is C14H24N2O2. The molecule has 0 aromatic heterocycles. The molecule has 0 amide bonds. The first-order chi connectivity index (χ1) is 8.58. The molecule has 0 saturated carbocycles. The van der Waals surface area contributed by atoms with Crippen LogP contribution in [0.4, 0.5) is 0 Å². The van der Waals surface area contributed by atoms with Crippen molar-refractivity contribution in [1.82, 2.24) is 0 Å². The van der Waals surface area contributed by atoms with Gasteiger partial charge in [-0.3, -0.25) is 0 Å². The standard InChI is InChI=1S/C14H24N2O2/c1-11(15)7-17-9-13-3-5-14(6-4-13)10-18-8-12(2)16/h3-6,11-12H,7-10,15-16H2,1-2H3. The van der Waals surface area contributed by atoms with Crippen LogP contribution in [-0.4, -0.2) is 25.3 Å². The van der Waals surface area contributed by atoms with E-state index in [-0.39, 0.29) is 12.1 Å². The van der Waals surface area contributed by atoms with Gasteiger partial charge in [-0.25, -0.2) is 0 Å². The van der Waals surface area contributed by atoms with Gasteiger partial charge >= 0.3 is 0 Å². The van der Waals surface area contributed by atoms with E-state index in [2.05, 4.69) is 0 Å². The molecule has 0 radical (unpaired) electrons. The van der Waals surface area contributed by atoms with E-state index < -0.39 is 0 Å². The third-order valence-corrected chi connectivity index (χ3v) is 2.32. The summed E-state index contributed by atoms with van der Waals surface area (Å²) in [6, 6.07) is 8.35. The van der Waals surface area contributed by atoms with Crippen LogP contribution in [0, 0.1) is 0 Å². The molecule has 4 nitrogen and oxygen atoms in total. The fourth-order valence-corrected chi connectivity index (χ4v) is 1.46. The molecule has 102 valence electrons. The van der Waals surface area contributed by atoms with Gasteiger partial charge in [-0.2, -0.15) is 0 Å². The fraction of sp³-hybridized carbons (Fsp3) is 0.571. The number of ether oxygens (including phenoxy) is 2. The lowest BCUT2D eigenvalue weighted by Crippen LogP contribution is -2.21. The van der Waals surface area contributed by atoms with Crippen molar-refractivity contribution >= 4 is 0 Å². The maximum atomic E-state index is 5.61. The average molecular weight is 252 g/mol. The normalized spacial score (nSPS) is 14.4. The van der Waals surface area contributed by atoms with Crippen molar-refractivity contribution in [3.63, 3.8) is 0 Å². The number of rotatable bonds is 8. The zero-order valence-corrected chi connectivity index (χ0v) is 11.3. The largest absolute Gasteiger partial charge is 0.375 e. The number of nitrogens with two attached hydrogens (primary N) is 2. The highest BCUT2D eigenvalue weighted by Crippen LogP contribution is 2.07. The van der Waals surface area contributed by atoms with E-state index in [9.17, 15) is 0 Å². The maximum absolute atomic E-state index is 5.61. The third kappa shape index (κ3) is 6.71. The predicted octanol–water partition coefficient (Wildman–Crippen LogP) is 1.41. The Balaban J connectivity index is 2.28. The molecule has 1 aromatic carbocycles. The molecule has 0 aliphatic heterocycles. The molecule has 0 saturated heterocycles. The Morgan fingerprint density at radius 1 is 0.833 bits per heavy atom. The van der Waals surface area contributed by atoms with Crippen molar-refractivity contribution in [3.8, 4) is 0 Å². The van der Waals surface area contributed by atoms with Crippen LogP contribution < -0.4 is 11.5 Å². The second kappa shape index (κ2) is 8.21. The first kappa shape index (κ1) is 15.1. The van der Waals surface area contributed by atoms with E-state index in [4.69, 9.17) is 20.9 Å². The van der Waals surface area contributed by atoms with Gasteiger partial charge in [0.15, 0.2) is 0 Å². The molecule has 0 heterocycles. The smallest absolute Gasteiger partial charge is 0.0717 e. The van der Waals surface area contributed by atoms with Gasteiger partial charge < -0.3 is 20.9 Å². The molecule has 4 heteroatoms. The van der Waals surface area contributed by atoms with Gasteiger partial charge in [-0.05, 0) is 25.0 Å². The Hall–Kier alpha value is -0.940. The van der Waals surface area contributed by atoms with Gasteiger partial charge in [0.1, 0.15) is 0 Å². The Labute approximate surface area is 109 Å². The summed E-state index contributed by atoms with van der Waals surface area (Å²) in [6.07, 6.45) is 0. The lowest BCUT2D eigenvalue weighted by molar-refractivity contribution is 0.109. The summed E-state index contributed by atoms with van der Waals surface area (Å²) in [5, 5.41) is 0. The molecule has 0 aliphatic rings. The molecule has 0 bridgehead atoms. The lowest BCUT2D eigenvalue weighted by Gasteiger charge is -2.09. The van der Waals surface area contributed by atoms with Crippen LogP contribution in [0.15, 0.2) is 24.3 Å². The van der Waals surface area contributed by atoms with Gasteiger partial charge in [0, 0.05) is 12.1 Å². The number of hydrogen-bond donors (Lipinski definition) is 2. The van der Waals surface area contributed by atoms with Crippen molar-refractivity contribution in [2.75, 3.05) is 13.2 Å². The van der Waals surface area contributed by atoms with E-state index in [1.165, 1.54) is 0 Å². The monoisotopic (exact) mass is 252 g/mol. The van der Waals surface area contributed by atoms with Gasteiger partial charge in [0.2, 0.25) is 0 Å². The van der Waals surface area contributed by atoms with E-state index in [0.717, 1.165) is 11.1 Å². The highest BCUT2D eigenvalue weighted by molar-refractivity contribution is 5.21. The summed E-state index contributed by atoms with van der Waals surface area (Å²) in [5.74, 6) is 0. The lowest BCUT2D eigenvalue weighted by atomic mass is 10.1. The number of benzene rings is 1. The molecule has 0 spiro atoms. The van der Waals surface area contributed by atoms with Gasteiger partial charge in [0.25, 0.3) is 0 Å². The summed E-state index contributed by atoms with van der Waals surface area (Å²) in [6.45, 7) is 6.22. The average Bonchev–Trinajstić information content (AvgIpc) is 2.30. The molecule has 1 rings (SSSR count). The highest BCUT2D eigenvalue weighted by atomic mass is 16.5. The molecule has 0 aliphatic carbocycles. The predicted molar refractivity (Wildman–Crippen MR) is 73.1 cm³/mol. The Morgan fingerprint density at radius 2 is 1.17 bits per heavy atom. The maximum Gasteiger partial charge on any atom is 0.0717 e. The van der Waals surface area contributed by atoms with Gasteiger partial charge in [0.05, 0.1) is 26.4 Å². The third-order valence-electron chi connectivity index (χ3n) is 2.32. The van der Waals surface area contributed by atoms with Crippen molar-refractivity contribution in [2.24, 2.45) is 11.5 Å². The van der Waals surface area contributed by atoms with E-state index in [0.29, 0.717) is 26.4 Å². The van der Waals surface area contributed by atoms with Crippen LogP contribution >= 0.6 is 0 Å². The van der Waals surface area contributed by atoms with Crippen LogP contribution in [0.5, 0.6) is 0 Å². The molecule has 1 aromatic rings. The topological polar surface area (TPSA) is 70.5 Å². The molecule has 0 fully saturated rings. The van der Waals surface area contributed by atoms with Gasteiger partial charge in [-0.1, -0.05) is 24.3 Å². The van der Waals surface area contributed by atoms with Crippen LogP contribution in [0.2, 0.25) is 0 Å². The van der Waals surface area contributed by atoms with E-state index in [1.54, 1.807) is 0 Å². The molecular weight excluding hydrogens is 228 g/mol. The Bertz CT molecular complexity index is 290. The zero-order chi connectivity index (χ0) is 13.4. The summed E-state index contributed by atoms with van der Waals surface area (Å²) in [5.41, 5.74) is 13.5. The molecule has 4 N–H and O–H groups in total. The quantitative estimate of drug-likeness (QED) is 0.734. The minimum Gasteiger partial charge on any atom is -0.375 e. The summed E-state index contributed by atoms with van der Waals surface area (Å²) >= 11 is 0. The Kier molecular flexibility index (Phi) is 6.90. The van der Waals surface area contributed by atoms with Gasteiger partial charge in [-0.15, -0.1) is 0 Å². The Morgan fingerprint density at radius 3 is 1.44 bits per heavy atom. The first-order valence-electron chi connectivity index (χ1n) is 6.32. The second-order valence-corrected chi connectivity index (χ2v) is 4.80. The van der Waals surface area contributed by atoms with Crippen molar-refractivity contribution in [2.45, 2.75) is 39.1 Å². The van der Waals surface area contributed by atoms with E-state index in [1.807, 2.05) is 38.1 Å². The molecule has 2 unspecified atom stereocenters. The minimum atomic E-state index is 0.0796. The van der Waals surface area contributed by atoms with Crippen LogP contribution in [-0.2, 0) is 22.7 Å². The zero-order valence-electron chi connectivity index (χ0n) is 11.3. The fourth-order valence-electron chi connectivity index (χ4n) is 1.46. The van der Waals surface area contributed by atoms with Crippen LogP contribution in [0.3, 0.4) is 0 Å². The minimum absolute atomic E-state index is 0.0796. The van der Waals surface area contributed by atoms with Crippen LogP contribution in [0.25, 0.3) is 0 Å². The summed E-state index contributed by atoms with van der Waals surface area (Å²) in [7, 11) is 0. The van der Waals surface area contributed by atoms with Crippen LogP contribution in [0.1, 0.15) is 25.0 Å². The van der Waals surface area contributed by atoms with E-state index >= 15 is 0 Å². The second-order valence-electron chi connectivity index (χ2n) is 4.80. The van der Waals surface area contributed by atoms with Crippen molar-refractivity contribution in [1.29, 1.82) is 0 Å². The molecule has 18 heavy (non-hydrogen) atoms. The SMILES string of the molecule is CC(N)COCc1ccc(COCC(C)N)cc1. The highest BCUT2D eigenvalue weighted by Gasteiger charge is 1.99. The van der Waals surface area contributed by atoms with Crippen molar-refractivity contribution in [3.05, 3.63) is 35.4 Å². The first-order valence-corrected chi connectivity index (χ1v) is 6.32. The summed E-state index contributed by atoms with van der Waals surface area (Å²) in [4.78, 5) is 0. The van der Waals surface area contributed by atoms with Crippen molar-refractivity contribution < 1.29 is 9.47 Å².